The maximum atomic E-state index is 11.0. The number of piperazine rings is 1. The van der Waals surface area contributed by atoms with Crippen molar-refractivity contribution in [2.45, 2.75) is 13.0 Å². The summed E-state index contributed by atoms with van der Waals surface area (Å²) in [4.78, 5) is 22.3. The number of imide groups is 1. The third-order valence-electron chi connectivity index (χ3n) is 1.65. The summed E-state index contributed by atoms with van der Waals surface area (Å²) in [5.41, 5.74) is 0. The Bertz CT molecular complexity index is 192. The van der Waals surface area contributed by atoms with Crippen molar-refractivity contribution in [2.24, 2.45) is 0 Å². The van der Waals surface area contributed by atoms with Crippen molar-refractivity contribution in [3.05, 3.63) is 0 Å². The highest BCUT2D eigenvalue weighted by Gasteiger charge is 2.28. The molecule has 1 fully saturated rings. The number of hydrogen-bond acceptors (Lipinski definition) is 3. The highest BCUT2D eigenvalue weighted by Crippen LogP contribution is 2.00. The predicted octanol–water partition coefficient (Wildman–Crippen LogP) is -0.515. The van der Waals surface area contributed by atoms with Crippen LogP contribution in [-0.2, 0) is 4.79 Å². The molecule has 0 radical (unpaired) electrons. The monoisotopic (exact) mass is 158 g/mol. The fraction of sp³-hybridized carbons (Fsp3) is 0.667. The van der Waals surface area contributed by atoms with Crippen LogP contribution in [0, 0.1) is 0 Å². The number of carbonyl (C=O) groups excluding carboxylic acids is 1. The molecule has 0 aromatic rings. The molecule has 1 heterocycles. The molecule has 1 atom stereocenters. The first kappa shape index (κ1) is 8.00. The molecule has 1 rings (SSSR count). The summed E-state index contributed by atoms with van der Waals surface area (Å²) < 4.78 is 0. The van der Waals surface area contributed by atoms with Gasteiger partial charge in [-0.15, -0.1) is 0 Å². The second-order valence-electron chi connectivity index (χ2n) is 2.45. The third-order valence-corrected chi connectivity index (χ3v) is 1.65. The van der Waals surface area contributed by atoms with E-state index in [1.165, 1.54) is 0 Å². The average Bonchev–Trinajstić information content (AvgIpc) is 1.94. The SMILES string of the molecule is CC1NCCN(C(=O)O)C1=O. The molecule has 2 amide bonds. The normalized spacial score (nSPS) is 25.4. The quantitative estimate of drug-likeness (QED) is 0.498. The predicted molar refractivity (Wildman–Crippen MR) is 37.2 cm³/mol. The van der Waals surface area contributed by atoms with E-state index in [0.29, 0.717) is 6.54 Å². The van der Waals surface area contributed by atoms with Gasteiger partial charge in [-0.05, 0) is 6.92 Å². The van der Waals surface area contributed by atoms with E-state index in [2.05, 4.69) is 5.32 Å². The Balaban J connectivity index is 2.66. The van der Waals surface area contributed by atoms with Crippen molar-refractivity contribution < 1.29 is 14.7 Å². The van der Waals surface area contributed by atoms with E-state index in [0.717, 1.165) is 4.90 Å². The van der Waals surface area contributed by atoms with Crippen LogP contribution in [0.3, 0.4) is 0 Å². The number of rotatable bonds is 0. The zero-order chi connectivity index (χ0) is 8.43. The Labute approximate surface area is 64.0 Å². The van der Waals surface area contributed by atoms with Crippen LogP contribution in [-0.4, -0.2) is 41.1 Å². The van der Waals surface area contributed by atoms with E-state index >= 15 is 0 Å². The standard InChI is InChI=1S/C6H10N2O3/c1-4-5(9)8(6(10)11)3-2-7-4/h4,7H,2-3H2,1H3,(H,10,11). The first-order valence-corrected chi connectivity index (χ1v) is 3.40. The Morgan fingerprint density at radius 1 is 1.82 bits per heavy atom. The molecule has 0 aliphatic carbocycles. The van der Waals surface area contributed by atoms with Gasteiger partial charge in [-0.25, -0.2) is 9.69 Å². The lowest BCUT2D eigenvalue weighted by Crippen LogP contribution is -2.55. The smallest absolute Gasteiger partial charge is 0.414 e. The van der Waals surface area contributed by atoms with Gasteiger partial charge in [-0.1, -0.05) is 0 Å². The first-order chi connectivity index (χ1) is 5.13. The van der Waals surface area contributed by atoms with Crippen molar-refractivity contribution in [3.63, 3.8) is 0 Å². The van der Waals surface area contributed by atoms with Crippen molar-refractivity contribution in [2.75, 3.05) is 13.1 Å². The van der Waals surface area contributed by atoms with Crippen LogP contribution in [0.15, 0.2) is 0 Å². The van der Waals surface area contributed by atoms with Crippen molar-refractivity contribution >= 4 is 12.0 Å². The van der Waals surface area contributed by atoms with Gasteiger partial charge in [0.05, 0.1) is 6.04 Å². The first-order valence-electron chi connectivity index (χ1n) is 3.40. The largest absolute Gasteiger partial charge is 0.465 e. The molecule has 62 valence electrons. The fourth-order valence-electron chi connectivity index (χ4n) is 1.01. The van der Waals surface area contributed by atoms with Gasteiger partial charge in [0.2, 0.25) is 5.91 Å². The highest BCUT2D eigenvalue weighted by atomic mass is 16.4. The van der Waals surface area contributed by atoms with Crippen LogP contribution in [0.2, 0.25) is 0 Å². The number of amides is 2. The third kappa shape index (κ3) is 1.48. The summed E-state index contributed by atoms with van der Waals surface area (Å²) in [6.07, 6.45) is -1.16. The van der Waals surface area contributed by atoms with E-state index in [4.69, 9.17) is 5.11 Å². The van der Waals surface area contributed by atoms with Gasteiger partial charge < -0.3 is 10.4 Å². The summed E-state index contributed by atoms with van der Waals surface area (Å²) in [5.74, 6) is -0.372. The topological polar surface area (TPSA) is 69.6 Å². The van der Waals surface area contributed by atoms with Crippen LogP contribution in [0.25, 0.3) is 0 Å². The average molecular weight is 158 g/mol. The van der Waals surface area contributed by atoms with E-state index < -0.39 is 6.09 Å². The van der Waals surface area contributed by atoms with Crippen LogP contribution in [0.1, 0.15) is 6.92 Å². The molecule has 0 aromatic carbocycles. The molecule has 1 saturated heterocycles. The van der Waals surface area contributed by atoms with E-state index in [1.54, 1.807) is 6.92 Å². The lowest BCUT2D eigenvalue weighted by atomic mass is 10.2. The number of hydrogen-bond donors (Lipinski definition) is 2. The number of carbonyl (C=O) groups is 2. The molecule has 1 unspecified atom stereocenters. The van der Waals surface area contributed by atoms with Gasteiger partial charge in [0.1, 0.15) is 0 Å². The zero-order valence-electron chi connectivity index (χ0n) is 6.20. The van der Waals surface area contributed by atoms with E-state index in [9.17, 15) is 9.59 Å². The van der Waals surface area contributed by atoms with Gasteiger partial charge in [-0.2, -0.15) is 0 Å². The maximum Gasteiger partial charge on any atom is 0.414 e. The summed E-state index contributed by atoms with van der Waals surface area (Å²) in [6.45, 7) is 2.44. The van der Waals surface area contributed by atoms with Crippen molar-refractivity contribution in [1.82, 2.24) is 10.2 Å². The molecule has 1 aliphatic rings. The molecule has 0 spiro atoms. The lowest BCUT2D eigenvalue weighted by Gasteiger charge is -2.27. The number of nitrogens with zero attached hydrogens (tertiary/aromatic N) is 1. The lowest BCUT2D eigenvalue weighted by molar-refractivity contribution is -0.132. The fourth-order valence-corrected chi connectivity index (χ4v) is 1.01. The summed E-state index contributed by atoms with van der Waals surface area (Å²) in [6, 6.07) is -0.375. The van der Waals surface area contributed by atoms with Crippen LogP contribution in [0.4, 0.5) is 4.79 Å². The molecule has 5 nitrogen and oxygen atoms in total. The Kier molecular flexibility index (Phi) is 2.09. The van der Waals surface area contributed by atoms with E-state index in [1.807, 2.05) is 0 Å². The summed E-state index contributed by atoms with van der Waals surface area (Å²) >= 11 is 0. The second-order valence-corrected chi connectivity index (χ2v) is 2.45. The van der Waals surface area contributed by atoms with Gasteiger partial charge >= 0.3 is 6.09 Å². The Morgan fingerprint density at radius 3 is 2.91 bits per heavy atom. The summed E-state index contributed by atoms with van der Waals surface area (Å²) in [5, 5.41) is 11.4. The molecule has 5 heteroatoms. The minimum atomic E-state index is -1.16. The second kappa shape index (κ2) is 2.87. The summed E-state index contributed by atoms with van der Waals surface area (Å²) in [7, 11) is 0. The minimum absolute atomic E-state index is 0.249. The molecule has 1 aliphatic heterocycles. The van der Waals surface area contributed by atoms with Crippen LogP contribution >= 0.6 is 0 Å². The van der Waals surface area contributed by atoms with Gasteiger partial charge in [0.15, 0.2) is 0 Å². The molecule has 0 bridgehead atoms. The molecule has 2 N–H and O–H groups in total. The van der Waals surface area contributed by atoms with Crippen molar-refractivity contribution in [1.29, 1.82) is 0 Å². The van der Waals surface area contributed by atoms with Gasteiger partial charge in [0, 0.05) is 13.1 Å². The van der Waals surface area contributed by atoms with Crippen LogP contribution in [0.5, 0.6) is 0 Å². The van der Waals surface area contributed by atoms with Gasteiger partial charge in [-0.3, -0.25) is 4.79 Å². The molecular weight excluding hydrogens is 148 g/mol. The molecule has 11 heavy (non-hydrogen) atoms. The van der Waals surface area contributed by atoms with Crippen LogP contribution < -0.4 is 5.32 Å². The molecule has 0 aromatic heterocycles. The Hall–Kier alpha value is -1.10. The number of nitrogens with one attached hydrogen (secondary N) is 1. The Morgan fingerprint density at radius 2 is 2.45 bits per heavy atom. The maximum absolute atomic E-state index is 11.0. The molecule has 0 saturated carbocycles. The highest BCUT2D eigenvalue weighted by molar-refractivity contribution is 5.94. The van der Waals surface area contributed by atoms with Gasteiger partial charge in [0.25, 0.3) is 0 Å². The van der Waals surface area contributed by atoms with Crippen molar-refractivity contribution in [3.8, 4) is 0 Å². The molecular formula is C6H10N2O3. The zero-order valence-corrected chi connectivity index (χ0v) is 6.20. The minimum Gasteiger partial charge on any atom is -0.465 e. The number of carboxylic acid groups (broad SMARTS) is 1. The van der Waals surface area contributed by atoms with E-state index in [-0.39, 0.29) is 18.5 Å².